The molecule has 3 aromatic rings. The predicted octanol–water partition coefficient (Wildman–Crippen LogP) is 4.56. The lowest BCUT2D eigenvalue weighted by atomic mass is 10.1. The van der Waals surface area contributed by atoms with Crippen LogP contribution in [0.4, 0.5) is 0 Å². The van der Waals surface area contributed by atoms with Gasteiger partial charge in [0.15, 0.2) is 0 Å². The third-order valence-corrected chi connectivity index (χ3v) is 6.46. The third kappa shape index (κ3) is 4.56. The maximum Gasteiger partial charge on any atom is 0.251 e. The van der Waals surface area contributed by atoms with Crippen molar-refractivity contribution in [3.05, 3.63) is 44.9 Å². The van der Waals surface area contributed by atoms with Crippen LogP contribution in [0.5, 0.6) is 5.75 Å². The monoisotopic (exact) mass is 414 g/mol. The fraction of sp³-hybridized carbons (Fsp3) is 0.400. The number of carbonyl (C=O) groups excluding carboxylic acids is 1. The van der Waals surface area contributed by atoms with E-state index in [4.69, 9.17) is 4.74 Å². The standard InChI is InChI=1S/C20H22N4O2S2/c1-11-9-21-20(27-11)16-6-15(7-17(8-16)26-10-14-4-5-14)18(25)22-12(2)19-24-23-13(3)28-19/h6-9,12,14H,4-5,10H2,1-3H3,(H,22,25). The number of aromatic nitrogens is 3. The van der Waals surface area contributed by atoms with Gasteiger partial charge in [-0.2, -0.15) is 0 Å². The van der Waals surface area contributed by atoms with Crippen molar-refractivity contribution in [2.24, 2.45) is 5.92 Å². The molecule has 0 saturated heterocycles. The number of hydrogen-bond acceptors (Lipinski definition) is 7. The van der Waals surface area contributed by atoms with Gasteiger partial charge in [-0.05, 0) is 57.7 Å². The highest BCUT2D eigenvalue weighted by Crippen LogP contribution is 2.32. The fourth-order valence-electron chi connectivity index (χ4n) is 2.75. The smallest absolute Gasteiger partial charge is 0.251 e. The molecule has 0 bridgehead atoms. The Morgan fingerprint density at radius 2 is 2.07 bits per heavy atom. The third-order valence-electron chi connectivity index (χ3n) is 4.48. The van der Waals surface area contributed by atoms with E-state index < -0.39 is 0 Å². The first kappa shape index (κ1) is 19.0. The van der Waals surface area contributed by atoms with E-state index in [2.05, 4.69) is 20.5 Å². The molecule has 2 aromatic heterocycles. The van der Waals surface area contributed by atoms with Crippen molar-refractivity contribution >= 4 is 28.6 Å². The summed E-state index contributed by atoms with van der Waals surface area (Å²) in [4.78, 5) is 18.5. The van der Waals surface area contributed by atoms with Crippen LogP contribution in [0.3, 0.4) is 0 Å². The number of hydrogen-bond donors (Lipinski definition) is 1. The largest absolute Gasteiger partial charge is 0.493 e. The van der Waals surface area contributed by atoms with Crippen LogP contribution < -0.4 is 10.1 Å². The first-order valence-corrected chi connectivity index (χ1v) is 10.9. The lowest BCUT2D eigenvalue weighted by molar-refractivity contribution is 0.0939. The molecule has 0 aliphatic heterocycles. The number of rotatable bonds is 7. The van der Waals surface area contributed by atoms with Crippen molar-refractivity contribution < 1.29 is 9.53 Å². The molecule has 1 atom stereocenters. The molecule has 1 N–H and O–H groups in total. The van der Waals surface area contributed by atoms with Gasteiger partial charge in [-0.15, -0.1) is 21.5 Å². The highest BCUT2D eigenvalue weighted by molar-refractivity contribution is 7.15. The van der Waals surface area contributed by atoms with Gasteiger partial charge in [0.25, 0.3) is 5.91 Å². The van der Waals surface area contributed by atoms with E-state index in [9.17, 15) is 4.79 Å². The van der Waals surface area contributed by atoms with E-state index in [1.807, 2.05) is 39.1 Å². The minimum Gasteiger partial charge on any atom is -0.493 e. The Labute approximate surface area is 172 Å². The summed E-state index contributed by atoms with van der Waals surface area (Å²) in [5.74, 6) is 1.19. The normalized spacial score (nSPS) is 14.7. The lowest BCUT2D eigenvalue weighted by Crippen LogP contribution is -2.26. The van der Waals surface area contributed by atoms with E-state index in [0.29, 0.717) is 23.8 Å². The number of nitrogens with zero attached hydrogens (tertiary/aromatic N) is 3. The highest BCUT2D eigenvalue weighted by atomic mass is 32.1. The van der Waals surface area contributed by atoms with Crippen LogP contribution in [0.1, 0.15) is 51.1 Å². The molecule has 1 aromatic carbocycles. The van der Waals surface area contributed by atoms with Crippen LogP contribution in [0.25, 0.3) is 10.6 Å². The van der Waals surface area contributed by atoms with E-state index >= 15 is 0 Å². The van der Waals surface area contributed by atoms with Crippen LogP contribution in [-0.2, 0) is 0 Å². The van der Waals surface area contributed by atoms with Gasteiger partial charge in [-0.25, -0.2) is 4.98 Å². The zero-order chi connectivity index (χ0) is 19.7. The number of ether oxygens (including phenoxy) is 1. The van der Waals surface area contributed by atoms with Crippen LogP contribution in [0, 0.1) is 19.8 Å². The lowest BCUT2D eigenvalue weighted by Gasteiger charge is -2.13. The molecule has 1 aliphatic carbocycles. The molecule has 4 rings (SSSR count). The zero-order valence-electron chi connectivity index (χ0n) is 16.1. The van der Waals surface area contributed by atoms with Gasteiger partial charge >= 0.3 is 0 Å². The summed E-state index contributed by atoms with van der Waals surface area (Å²) in [6, 6.07) is 5.44. The number of carbonyl (C=O) groups is 1. The van der Waals surface area contributed by atoms with E-state index in [-0.39, 0.29) is 11.9 Å². The van der Waals surface area contributed by atoms with Gasteiger partial charge in [0.2, 0.25) is 0 Å². The molecule has 1 unspecified atom stereocenters. The molecule has 1 fully saturated rings. The van der Waals surface area contributed by atoms with Crippen molar-refractivity contribution in [3.63, 3.8) is 0 Å². The van der Waals surface area contributed by atoms with Gasteiger partial charge in [0.05, 0.1) is 12.6 Å². The van der Waals surface area contributed by atoms with Gasteiger partial charge in [0.1, 0.15) is 20.8 Å². The molecule has 6 nitrogen and oxygen atoms in total. The van der Waals surface area contributed by atoms with Crippen LogP contribution in [-0.4, -0.2) is 27.7 Å². The predicted molar refractivity (Wildman–Crippen MR) is 111 cm³/mol. The SMILES string of the molecule is Cc1cnc(-c2cc(OCC3CC3)cc(C(=O)NC(C)c3nnc(C)s3)c2)s1. The molecule has 0 spiro atoms. The molecule has 1 amide bonds. The summed E-state index contributed by atoms with van der Waals surface area (Å²) < 4.78 is 5.96. The Bertz CT molecular complexity index is 994. The van der Waals surface area contributed by atoms with Crippen LogP contribution in [0.2, 0.25) is 0 Å². The fourth-order valence-corrected chi connectivity index (χ4v) is 4.21. The summed E-state index contributed by atoms with van der Waals surface area (Å²) in [6.07, 6.45) is 4.28. The summed E-state index contributed by atoms with van der Waals surface area (Å²) in [5, 5.41) is 13.7. The van der Waals surface area contributed by atoms with Crippen LogP contribution >= 0.6 is 22.7 Å². The van der Waals surface area contributed by atoms with Gasteiger partial charge < -0.3 is 10.1 Å². The van der Waals surface area contributed by atoms with Crippen molar-refractivity contribution in [1.29, 1.82) is 0 Å². The Morgan fingerprint density at radius 1 is 1.25 bits per heavy atom. The second-order valence-corrected chi connectivity index (χ2v) is 9.58. The average molecular weight is 415 g/mol. The number of aryl methyl sites for hydroxylation is 2. The molecule has 0 radical (unpaired) electrons. The topological polar surface area (TPSA) is 77.0 Å². The number of benzene rings is 1. The van der Waals surface area contributed by atoms with Crippen LogP contribution in [0.15, 0.2) is 24.4 Å². The number of thiazole rings is 1. The first-order valence-electron chi connectivity index (χ1n) is 9.29. The Kier molecular flexibility index (Phi) is 5.41. The quantitative estimate of drug-likeness (QED) is 0.613. The summed E-state index contributed by atoms with van der Waals surface area (Å²) in [5.41, 5.74) is 1.46. The van der Waals surface area contributed by atoms with Crippen molar-refractivity contribution in [1.82, 2.24) is 20.5 Å². The molecule has 1 aliphatic rings. The highest BCUT2D eigenvalue weighted by Gasteiger charge is 2.23. The minimum atomic E-state index is -0.208. The van der Waals surface area contributed by atoms with Crippen molar-refractivity contribution in [3.8, 4) is 16.3 Å². The molecule has 2 heterocycles. The van der Waals surface area contributed by atoms with Gasteiger partial charge in [-0.3, -0.25) is 4.79 Å². The number of amides is 1. The molecule has 146 valence electrons. The molecule has 1 saturated carbocycles. The minimum absolute atomic E-state index is 0.160. The van der Waals surface area contributed by atoms with E-state index in [1.165, 1.54) is 24.2 Å². The van der Waals surface area contributed by atoms with Gasteiger partial charge in [-0.1, -0.05) is 11.3 Å². The van der Waals surface area contributed by atoms with Crippen molar-refractivity contribution in [2.45, 2.75) is 39.7 Å². The second-order valence-electron chi connectivity index (χ2n) is 7.13. The maximum absolute atomic E-state index is 12.9. The van der Waals surface area contributed by atoms with E-state index in [0.717, 1.165) is 25.5 Å². The Hall–Kier alpha value is -2.32. The Balaban J connectivity index is 1.58. The molecular weight excluding hydrogens is 392 g/mol. The molecule has 8 heteroatoms. The summed E-state index contributed by atoms with van der Waals surface area (Å²) in [7, 11) is 0. The maximum atomic E-state index is 12.9. The summed E-state index contributed by atoms with van der Waals surface area (Å²) in [6.45, 7) is 6.53. The Morgan fingerprint density at radius 3 is 2.71 bits per heavy atom. The van der Waals surface area contributed by atoms with E-state index in [1.54, 1.807) is 17.4 Å². The number of nitrogens with one attached hydrogen (secondary N) is 1. The zero-order valence-corrected chi connectivity index (χ0v) is 17.7. The van der Waals surface area contributed by atoms with Crippen molar-refractivity contribution in [2.75, 3.05) is 6.61 Å². The average Bonchev–Trinajstić information content (AvgIpc) is 3.24. The molecular formula is C20H22N4O2S2. The first-order chi connectivity index (χ1) is 13.5. The van der Waals surface area contributed by atoms with Gasteiger partial charge in [0, 0.05) is 22.2 Å². The molecule has 28 heavy (non-hydrogen) atoms. The second kappa shape index (κ2) is 7.97. The summed E-state index contributed by atoms with van der Waals surface area (Å²) >= 11 is 3.09.